The van der Waals surface area contributed by atoms with Crippen LogP contribution in [0.15, 0.2) is 0 Å². The van der Waals surface area contributed by atoms with Crippen molar-refractivity contribution in [3.05, 3.63) is 5.21 Å². The predicted molar refractivity (Wildman–Crippen MR) is 41.9 cm³/mol. The predicted octanol–water partition coefficient (Wildman–Crippen LogP) is -0.266. The summed E-state index contributed by atoms with van der Waals surface area (Å²) in [6.07, 6.45) is 0.690. The van der Waals surface area contributed by atoms with Crippen molar-refractivity contribution in [2.24, 2.45) is 5.92 Å². The highest BCUT2D eigenvalue weighted by atomic mass is 16.5. The molecule has 0 aromatic carbocycles. The zero-order valence-electron chi connectivity index (χ0n) is 6.84. The molecule has 1 aliphatic heterocycles. The number of rotatable bonds is 2. The first-order valence-electron chi connectivity index (χ1n) is 3.93. The van der Waals surface area contributed by atoms with Gasteiger partial charge in [-0.05, 0) is 19.4 Å². The van der Waals surface area contributed by atoms with Gasteiger partial charge in [0.25, 0.3) is 0 Å². The first-order chi connectivity index (χ1) is 6.04. The number of carbonyl (C=O) groups is 2. The second kappa shape index (κ2) is 3.71. The topological polar surface area (TPSA) is 101 Å². The summed E-state index contributed by atoms with van der Waals surface area (Å²) in [6, 6.07) is -1.42. The third-order valence-electron chi connectivity index (χ3n) is 2.16. The van der Waals surface area contributed by atoms with Gasteiger partial charge in [-0.1, -0.05) is 0 Å². The summed E-state index contributed by atoms with van der Waals surface area (Å²) >= 11 is 0. The maximum atomic E-state index is 11.0. The summed E-state index contributed by atoms with van der Waals surface area (Å²) in [5.74, 6) is -3.65. The molecule has 1 aliphatic rings. The molecule has 0 aromatic rings. The van der Waals surface area contributed by atoms with Crippen LogP contribution in [0.2, 0.25) is 0 Å². The van der Waals surface area contributed by atoms with Crippen molar-refractivity contribution in [3.63, 3.8) is 0 Å². The van der Waals surface area contributed by atoms with Gasteiger partial charge in [0.2, 0.25) is 0 Å². The lowest BCUT2D eigenvalue weighted by Crippen LogP contribution is -2.49. The van der Waals surface area contributed by atoms with Gasteiger partial charge in [0.1, 0.15) is 6.04 Å². The molecule has 2 unspecified atom stereocenters. The molecule has 6 heteroatoms. The van der Waals surface area contributed by atoms with Gasteiger partial charge in [-0.3, -0.25) is 9.59 Å². The van der Waals surface area contributed by atoms with Crippen LogP contribution in [-0.2, 0) is 9.59 Å². The van der Waals surface area contributed by atoms with Crippen LogP contribution in [0, 0.1) is 11.1 Å². The largest absolute Gasteiger partial charge is 0.785 e. The van der Waals surface area contributed by atoms with Gasteiger partial charge in [-0.15, -0.1) is 0 Å². The van der Waals surface area contributed by atoms with Gasteiger partial charge in [-0.2, -0.15) is 0 Å². The summed E-state index contributed by atoms with van der Waals surface area (Å²) in [4.78, 5) is 21.2. The number of carboxylic acids is 2. The Morgan fingerprint density at radius 1 is 1.31 bits per heavy atom. The molecule has 0 saturated carbocycles. The van der Waals surface area contributed by atoms with Crippen LogP contribution >= 0.6 is 0 Å². The molecule has 1 fully saturated rings. The standard InChI is InChI=1S/C7H10NO5/c9-6(10)4-2-1-3-8(13)5(4)7(11)12/h4-5H,1-3H2,(H,9,10)(H,11,12)/q-1. The quantitative estimate of drug-likeness (QED) is 0.618. The smallest absolute Gasteiger partial charge is 0.320 e. The molecule has 2 N–H and O–H groups in total. The summed E-state index contributed by atoms with van der Waals surface area (Å²) in [5, 5.41) is 28.6. The molecule has 0 aliphatic carbocycles. The minimum absolute atomic E-state index is 0.0980. The Morgan fingerprint density at radius 2 is 1.92 bits per heavy atom. The Labute approximate surface area is 74.3 Å². The van der Waals surface area contributed by atoms with E-state index in [-0.39, 0.29) is 13.0 Å². The minimum Gasteiger partial charge on any atom is -0.785 e. The van der Waals surface area contributed by atoms with Crippen molar-refractivity contribution in [2.75, 3.05) is 6.54 Å². The Bertz CT molecular complexity index is 229. The maximum Gasteiger partial charge on any atom is 0.320 e. The van der Waals surface area contributed by atoms with E-state index in [1.807, 2.05) is 0 Å². The number of aliphatic carboxylic acids is 2. The van der Waals surface area contributed by atoms with Crippen molar-refractivity contribution in [3.8, 4) is 0 Å². The lowest BCUT2D eigenvalue weighted by molar-refractivity contribution is -0.156. The zero-order valence-corrected chi connectivity index (χ0v) is 6.84. The zero-order chi connectivity index (χ0) is 10.0. The normalized spacial score (nSPS) is 29.9. The summed E-state index contributed by atoms with van der Waals surface area (Å²) in [7, 11) is 0. The minimum atomic E-state index is -1.42. The lowest BCUT2D eigenvalue weighted by atomic mass is 9.91. The van der Waals surface area contributed by atoms with Crippen LogP contribution in [0.5, 0.6) is 0 Å². The Morgan fingerprint density at radius 3 is 2.31 bits per heavy atom. The van der Waals surface area contributed by atoms with Crippen LogP contribution in [0.3, 0.4) is 0 Å². The number of hydroxylamine groups is 2. The molecule has 1 heterocycles. The van der Waals surface area contributed by atoms with E-state index in [9.17, 15) is 14.8 Å². The SMILES string of the molecule is O=C(O)C1CCCN([O-])C1C(=O)O. The average molecular weight is 188 g/mol. The summed E-state index contributed by atoms with van der Waals surface area (Å²) < 4.78 is 0. The van der Waals surface area contributed by atoms with Crippen molar-refractivity contribution in [1.82, 2.24) is 5.06 Å². The fourth-order valence-corrected chi connectivity index (χ4v) is 1.52. The molecule has 1 saturated heterocycles. The maximum absolute atomic E-state index is 11.0. The molecule has 74 valence electrons. The molecule has 0 amide bonds. The number of hydrogen-bond donors (Lipinski definition) is 2. The fourth-order valence-electron chi connectivity index (χ4n) is 1.52. The van der Waals surface area contributed by atoms with Gasteiger partial charge in [0.15, 0.2) is 0 Å². The second-order valence-electron chi connectivity index (χ2n) is 3.01. The highest BCUT2D eigenvalue weighted by molar-refractivity contribution is 5.82. The van der Waals surface area contributed by atoms with E-state index in [4.69, 9.17) is 10.2 Å². The Balaban J connectivity index is 2.80. The van der Waals surface area contributed by atoms with Crippen molar-refractivity contribution < 1.29 is 19.8 Å². The van der Waals surface area contributed by atoms with Gasteiger partial charge >= 0.3 is 11.9 Å². The average Bonchev–Trinajstić information content (AvgIpc) is 2.02. The molecular formula is C7H10NO5-. The summed E-state index contributed by atoms with van der Waals surface area (Å²) in [5.41, 5.74) is 0. The van der Waals surface area contributed by atoms with Crippen molar-refractivity contribution >= 4 is 11.9 Å². The van der Waals surface area contributed by atoms with Crippen LogP contribution in [0.4, 0.5) is 0 Å². The molecule has 0 spiro atoms. The molecule has 6 nitrogen and oxygen atoms in total. The molecule has 2 atom stereocenters. The molecule has 0 bridgehead atoms. The van der Waals surface area contributed by atoms with E-state index in [0.29, 0.717) is 11.5 Å². The first kappa shape index (κ1) is 9.94. The van der Waals surface area contributed by atoms with E-state index in [2.05, 4.69) is 0 Å². The monoisotopic (exact) mass is 188 g/mol. The number of carboxylic acid groups (broad SMARTS) is 2. The molecule has 0 radical (unpaired) electrons. The van der Waals surface area contributed by atoms with E-state index in [0.717, 1.165) is 0 Å². The van der Waals surface area contributed by atoms with Crippen molar-refractivity contribution in [2.45, 2.75) is 18.9 Å². The Kier molecular flexibility index (Phi) is 2.84. The van der Waals surface area contributed by atoms with Gasteiger partial charge < -0.3 is 20.5 Å². The molecule has 0 aromatic heterocycles. The number of piperidine rings is 1. The van der Waals surface area contributed by atoms with Gasteiger partial charge in [-0.25, -0.2) is 0 Å². The van der Waals surface area contributed by atoms with Crippen molar-refractivity contribution in [1.29, 1.82) is 0 Å². The lowest BCUT2D eigenvalue weighted by Gasteiger charge is -2.41. The Hall–Kier alpha value is -1.14. The molecule has 1 rings (SSSR count). The van der Waals surface area contributed by atoms with E-state index in [1.165, 1.54) is 0 Å². The number of nitrogens with zero attached hydrogens (tertiary/aromatic N) is 1. The third kappa shape index (κ3) is 1.96. The van der Waals surface area contributed by atoms with Gasteiger partial charge in [0, 0.05) is 0 Å². The first-order valence-corrected chi connectivity index (χ1v) is 3.93. The highest BCUT2D eigenvalue weighted by Crippen LogP contribution is 2.23. The highest BCUT2D eigenvalue weighted by Gasteiger charge is 2.36. The van der Waals surface area contributed by atoms with Crippen LogP contribution < -0.4 is 0 Å². The van der Waals surface area contributed by atoms with Crippen LogP contribution in [0.25, 0.3) is 0 Å². The third-order valence-corrected chi connectivity index (χ3v) is 2.16. The second-order valence-corrected chi connectivity index (χ2v) is 3.01. The molecule has 13 heavy (non-hydrogen) atoms. The van der Waals surface area contributed by atoms with Crippen LogP contribution in [-0.4, -0.2) is 39.8 Å². The van der Waals surface area contributed by atoms with E-state index < -0.39 is 23.9 Å². The van der Waals surface area contributed by atoms with E-state index in [1.54, 1.807) is 0 Å². The number of hydrogen-bond acceptors (Lipinski definition) is 4. The van der Waals surface area contributed by atoms with Crippen LogP contribution in [0.1, 0.15) is 12.8 Å². The summed E-state index contributed by atoms with van der Waals surface area (Å²) in [6.45, 7) is 0.0980. The van der Waals surface area contributed by atoms with Gasteiger partial charge in [0.05, 0.1) is 5.92 Å². The van der Waals surface area contributed by atoms with E-state index >= 15 is 0 Å². The molecular weight excluding hydrogens is 178 g/mol. The fraction of sp³-hybridized carbons (Fsp3) is 0.714.